The highest BCUT2D eigenvalue weighted by Crippen LogP contribution is 2.19. The van der Waals surface area contributed by atoms with Crippen LogP contribution in [0.15, 0.2) is 24.3 Å². The second-order valence-electron chi connectivity index (χ2n) is 4.92. The number of ether oxygens (including phenoxy) is 1. The minimum Gasteiger partial charge on any atom is -0.380 e. The van der Waals surface area contributed by atoms with E-state index in [9.17, 15) is 9.59 Å². The van der Waals surface area contributed by atoms with E-state index in [1.54, 1.807) is 7.11 Å². The van der Waals surface area contributed by atoms with E-state index in [0.717, 1.165) is 17.7 Å². The molecule has 0 aliphatic carbocycles. The first-order valence-electron chi connectivity index (χ1n) is 6.84. The maximum Gasteiger partial charge on any atom is 0.252 e. The summed E-state index contributed by atoms with van der Waals surface area (Å²) >= 11 is 0. The van der Waals surface area contributed by atoms with Crippen molar-refractivity contribution in [1.82, 2.24) is 4.90 Å². The van der Waals surface area contributed by atoms with E-state index in [4.69, 9.17) is 4.74 Å². The van der Waals surface area contributed by atoms with E-state index in [1.807, 2.05) is 31.2 Å². The van der Waals surface area contributed by atoms with Crippen LogP contribution >= 0.6 is 0 Å². The standard InChI is InChI=1S/C15H20N2O3/c1-3-7-17-14(18)9-13(15(17)19)16-12-6-4-5-11(8-12)10-20-2/h4-6,8,13,16H,3,7,9-10H2,1-2H3. The summed E-state index contributed by atoms with van der Waals surface area (Å²) in [4.78, 5) is 25.3. The summed E-state index contributed by atoms with van der Waals surface area (Å²) in [5, 5.41) is 3.14. The molecule has 0 bridgehead atoms. The summed E-state index contributed by atoms with van der Waals surface area (Å²) in [6.45, 7) is 2.98. The van der Waals surface area contributed by atoms with Crippen LogP contribution in [0, 0.1) is 0 Å². The lowest BCUT2D eigenvalue weighted by Gasteiger charge is -2.15. The number of carbonyl (C=O) groups excluding carboxylic acids is 2. The molecule has 1 aliphatic heterocycles. The molecular weight excluding hydrogens is 256 g/mol. The molecule has 1 atom stereocenters. The highest BCUT2D eigenvalue weighted by atomic mass is 16.5. The molecule has 2 amide bonds. The summed E-state index contributed by atoms with van der Waals surface area (Å²) < 4.78 is 5.08. The fourth-order valence-electron chi connectivity index (χ4n) is 2.37. The van der Waals surface area contributed by atoms with Gasteiger partial charge in [-0.15, -0.1) is 0 Å². The molecule has 1 aromatic carbocycles. The Kier molecular flexibility index (Phi) is 4.74. The van der Waals surface area contributed by atoms with Gasteiger partial charge in [-0.2, -0.15) is 0 Å². The average Bonchev–Trinajstić information content (AvgIpc) is 2.68. The molecule has 1 unspecified atom stereocenters. The number of methoxy groups -OCH3 is 1. The van der Waals surface area contributed by atoms with Gasteiger partial charge in [0.05, 0.1) is 13.0 Å². The van der Waals surface area contributed by atoms with Gasteiger partial charge in [0.25, 0.3) is 5.91 Å². The van der Waals surface area contributed by atoms with Crippen LogP contribution in [0.1, 0.15) is 25.3 Å². The highest BCUT2D eigenvalue weighted by Gasteiger charge is 2.37. The third-order valence-electron chi connectivity index (χ3n) is 3.27. The Morgan fingerprint density at radius 1 is 1.40 bits per heavy atom. The maximum atomic E-state index is 12.1. The summed E-state index contributed by atoms with van der Waals surface area (Å²) in [5.74, 6) is -0.226. The van der Waals surface area contributed by atoms with E-state index < -0.39 is 6.04 Å². The Balaban J connectivity index is 2.05. The molecule has 5 heteroatoms. The van der Waals surface area contributed by atoms with Crippen LogP contribution < -0.4 is 5.32 Å². The molecule has 108 valence electrons. The fourth-order valence-corrected chi connectivity index (χ4v) is 2.37. The molecule has 0 radical (unpaired) electrons. The van der Waals surface area contributed by atoms with Gasteiger partial charge in [-0.25, -0.2) is 0 Å². The van der Waals surface area contributed by atoms with Crippen molar-refractivity contribution in [1.29, 1.82) is 0 Å². The first kappa shape index (κ1) is 14.5. The Morgan fingerprint density at radius 3 is 2.90 bits per heavy atom. The Bertz CT molecular complexity index is 502. The predicted molar refractivity (Wildman–Crippen MR) is 76.2 cm³/mol. The molecular formula is C15H20N2O3. The molecule has 2 rings (SSSR count). The number of imide groups is 1. The van der Waals surface area contributed by atoms with E-state index >= 15 is 0 Å². The second kappa shape index (κ2) is 6.52. The van der Waals surface area contributed by atoms with E-state index in [-0.39, 0.29) is 18.2 Å². The van der Waals surface area contributed by atoms with Crippen LogP contribution in [0.5, 0.6) is 0 Å². The topological polar surface area (TPSA) is 58.6 Å². The van der Waals surface area contributed by atoms with Crippen molar-refractivity contribution in [3.63, 3.8) is 0 Å². The van der Waals surface area contributed by atoms with Crippen LogP contribution in [-0.2, 0) is 20.9 Å². The molecule has 20 heavy (non-hydrogen) atoms. The lowest BCUT2D eigenvalue weighted by molar-refractivity contribution is -0.138. The summed E-state index contributed by atoms with van der Waals surface area (Å²) in [6.07, 6.45) is 1.01. The van der Waals surface area contributed by atoms with Gasteiger partial charge in [-0.3, -0.25) is 14.5 Å². The number of amides is 2. The fraction of sp³-hybridized carbons (Fsp3) is 0.467. The number of hydrogen-bond donors (Lipinski definition) is 1. The van der Waals surface area contributed by atoms with Crippen LogP contribution in [0.25, 0.3) is 0 Å². The summed E-state index contributed by atoms with van der Waals surface area (Å²) in [5.41, 5.74) is 1.86. The molecule has 1 aliphatic rings. The minimum absolute atomic E-state index is 0.0950. The lowest BCUT2D eigenvalue weighted by Crippen LogP contribution is -2.35. The van der Waals surface area contributed by atoms with Crippen molar-refractivity contribution in [3.8, 4) is 0 Å². The van der Waals surface area contributed by atoms with E-state index in [2.05, 4.69) is 5.32 Å². The van der Waals surface area contributed by atoms with E-state index in [0.29, 0.717) is 13.2 Å². The van der Waals surface area contributed by atoms with Gasteiger partial charge in [0, 0.05) is 19.3 Å². The van der Waals surface area contributed by atoms with Crippen molar-refractivity contribution >= 4 is 17.5 Å². The van der Waals surface area contributed by atoms with Crippen molar-refractivity contribution in [2.24, 2.45) is 0 Å². The molecule has 1 fully saturated rings. The van der Waals surface area contributed by atoms with Crippen LogP contribution in [0.2, 0.25) is 0 Å². The van der Waals surface area contributed by atoms with E-state index in [1.165, 1.54) is 4.90 Å². The van der Waals surface area contributed by atoms with Crippen LogP contribution in [0.4, 0.5) is 5.69 Å². The number of hydrogen-bond acceptors (Lipinski definition) is 4. The van der Waals surface area contributed by atoms with Gasteiger partial charge in [0.2, 0.25) is 5.91 Å². The molecule has 1 N–H and O–H groups in total. The van der Waals surface area contributed by atoms with Crippen LogP contribution in [-0.4, -0.2) is 36.4 Å². The molecule has 5 nitrogen and oxygen atoms in total. The van der Waals surface area contributed by atoms with Gasteiger partial charge in [-0.1, -0.05) is 19.1 Å². The Hall–Kier alpha value is -1.88. The van der Waals surface area contributed by atoms with Gasteiger partial charge in [0.1, 0.15) is 6.04 Å². The number of nitrogens with zero attached hydrogens (tertiary/aromatic N) is 1. The van der Waals surface area contributed by atoms with Gasteiger partial charge < -0.3 is 10.1 Å². The third kappa shape index (κ3) is 3.17. The predicted octanol–water partition coefficient (Wildman–Crippen LogP) is 1.78. The molecule has 1 heterocycles. The lowest BCUT2D eigenvalue weighted by atomic mass is 10.2. The van der Waals surface area contributed by atoms with Crippen molar-refractivity contribution in [2.75, 3.05) is 19.0 Å². The molecule has 1 aromatic rings. The Morgan fingerprint density at radius 2 is 2.20 bits per heavy atom. The number of likely N-dealkylation sites (tertiary alicyclic amines) is 1. The first-order valence-corrected chi connectivity index (χ1v) is 6.84. The zero-order valence-electron chi connectivity index (χ0n) is 11.9. The number of nitrogens with one attached hydrogen (secondary N) is 1. The third-order valence-corrected chi connectivity index (χ3v) is 3.27. The van der Waals surface area contributed by atoms with Crippen LogP contribution in [0.3, 0.4) is 0 Å². The van der Waals surface area contributed by atoms with Crippen molar-refractivity contribution < 1.29 is 14.3 Å². The van der Waals surface area contributed by atoms with Gasteiger partial charge >= 0.3 is 0 Å². The maximum absolute atomic E-state index is 12.1. The zero-order valence-corrected chi connectivity index (χ0v) is 11.9. The quantitative estimate of drug-likeness (QED) is 0.805. The number of benzene rings is 1. The first-order chi connectivity index (χ1) is 9.65. The SMILES string of the molecule is CCCN1C(=O)CC(Nc2cccc(COC)c2)C1=O. The van der Waals surface area contributed by atoms with Gasteiger partial charge in [0.15, 0.2) is 0 Å². The number of rotatable bonds is 6. The molecule has 0 saturated carbocycles. The normalized spacial score (nSPS) is 18.7. The number of anilines is 1. The molecule has 1 saturated heterocycles. The number of carbonyl (C=O) groups is 2. The van der Waals surface area contributed by atoms with Crippen molar-refractivity contribution in [3.05, 3.63) is 29.8 Å². The smallest absolute Gasteiger partial charge is 0.252 e. The average molecular weight is 276 g/mol. The molecule has 0 aromatic heterocycles. The van der Waals surface area contributed by atoms with Gasteiger partial charge in [-0.05, 0) is 24.1 Å². The second-order valence-corrected chi connectivity index (χ2v) is 4.92. The molecule has 0 spiro atoms. The Labute approximate surface area is 118 Å². The summed E-state index contributed by atoms with van der Waals surface area (Å²) in [6, 6.07) is 7.23. The minimum atomic E-state index is -0.452. The largest absolute Gasteiger partial charge is 0.380 e. The zero-order chi connectivity index (χ0) is 14.5. The summed E-state index contributed by atoms with van der Waals surface area (Å²) in [7, 11) is 1.64. The van der Waals surface area contributed by atoms with Crippen molar-refractivity contribution in [2.45, 2.75) is 32.4 Å². The highest BCUT2D eigenvalue weighted by molar-refractivity contribution is 6.06. The monoisotopic (exact) mass is 276 g/mol.